The van der Waals surface area contributed by atoms with Crippen LogP contribution < -0.4 is 4.74 Å². The van der Waals surface area contributed by atoms with Crippen molar-refractivity contribution in [2.24, 2.45) is 0 Å². The summed E-state index contributed by atoms with van der Waals surface area (Å²) in [5.74, 6) is 1.73. The lowest BCUT2D eigenvalue weighted by Crippen LogP contribution is -1.88. The number of methoxy groups -OCH3 is 1. The summed E-state index contributed by atoms with van der Waals surface area (Å²) < 4.78 is 5.22. The Kier molecular flexibility index (Phi) is 5.11. The van der Waals surface area contributed by atoms with Crippen molar-refractivity contribution in [2.75, 3.05) is 12.9 Å². The largest absolute Gasteiger partial charge is 0.497 e. The third-order valence-corrected chi connectivity index (χ3v) is 5.37. The first kappa shape index (κ1) is 15.8. The number of unbranched alkanes of at least 4 members (excludes halogenated alkanes) is 1. The van der Waals surface area contributed by atoms with Gasteiger partial charge in [-0.3, -0.25) is 0 Å². The first-order valence-electron chi connectivity index (χ1n) is 7.20. The standard InChI is InChI=1S/C17H15N3OS2/c1-21-13-6-4-12(5-7-13)14-10-23-17-15(14)16(19-11-20-17)22-9-3-2-8-18/h4-7,10-11H,2-3,9H2,1H3. The van der Waals surface area contributed by atoms with Crippen LogP contribution in [0.1, 0.15) is 12.8 Å². The van der Waals surface area contributed by atoms with E-state index in [2.05, 4.69) is 33.5 Å². The Hall–Kier alpha value is -2.10. The molecule has 4 nitrogen and oxygen atoms in total. The van der Waals surface area contributed by atoms with Crippen LogP contribution in [0.2, 0.25) is 0 Å². The van der Waals surface area contributed by atoms with Gasteiger partial charge in [0, 0.05) is 23.1 Å². The van der Waals surface area contributed by atoms with Gasteiger partial charge in [0.2, 0.25) is 0 Å². The van der Waals surface area contributed by atoms with E-state index in [0.29, 0.717) is 6.42 Å². The van der Waals surface area contributed by atoms with Crippen molar-refractivity contribution < 1.29 is 4.74 Å². The Labute approximate surface area is 143 Å². The fourth-order valence-corrected chi connectivity index (χ4v) is 4.20. The molecule has 2 aromatic heterocycles. The molecule has 0 N–H and O–H groups in total. The van der Waals surface area contributed by atoms with E-state index in [1.165, 1.54) is 0 Å². The van der Waals surface area contributed by atoms with Crippen LogP contribution in [-0.4, -0.2) is 22.8 Å². The normalized spacial score (nSPS) is 10.6. The maximum Gasteiger partial charge on any atom is 0.128 e. The molecule has 0 atom stereocenters. The molecule has 0 amide bonds. The van der Waals surface area contributed by atoms with Crippen molar-refractivity contribution >= 4 is 33.3 Å². The molecule has 0 fully saturated rings. The molecular formula is C17H15N3OS2. The monoisotopic (exact) mass is 341 g/mol. The Balaban J connectivity index is 1.95. The number of nitrogens with zero attached hydrogens (tertiary/aromatic N) is 3. The highest BCUT2D eigenvalue weighted by atomic mass is 32.2. The fraction of sp³-hybridized carbons (Fsp3) is 0.235. The van der Waals surface area contributed by atoms with Crippen LogP contribution >= 0.6 is 23.1 Å². The van der Waals surface area contributed by atoms with Crippen LogP contribution in [-0.2, 0) is 0 Å². The van der Waals surface area contributed by atoms with E-state index >= 15 is 0 Å². The second kappa shape index (κ2) is 7.44. The van der Waals surface area contributed by atoms with Gasteiger partial charge in [0.05, 0.1) is 18.6 Å². The van der Waals surface area contributed by atoms with Gasteiger partial charge >= 0.3 is 0 Å². The molecule has 0 saturated carbocycles. The molecular weight excluding hydrogens is 326 g/mol. The molecule has 1 aromatic carbocycles. The second-order valence-corrected chi connectivity index (χ2v) is 6.79. The van der Waals surface area contributed by atoms with E-state index in [4.69, 9.17) is 10.00 Å². The highest BCUT2D eigenvalue weighted by Crippen LogP contribution is 2.38. The molecule has 116 valence electrons. The Morgan fingerprint density at radius 1 is 1.26 bits per heavy atom. The molecule has 6 heteroatoms. The highest BCUT2D eigenvalue weighted by molar-refractivity contribution is 7.99. The number of rotatable bonds is 6. The highest BCUT2D eigenvalue weighted by Gasteiger charge is 2.13. The second-order valence-electron chi connectivity index (χ2n) is 4.85. The summed E-state index contributed by atoms with van der Waals surface area (Å²) in [5.41, 5.74) is 2.28. The molecule has 23 heavy (non-hydrogen) atoms. The van der Waals surface area contributed by atoms with E-state index in [1.54, 1.807) is 36.5 Å². The molecule has 0 aliphatic rings. The quantitative estimate of drug-likeness (QED) is 0.367. The molecule has 0 aliphatic carbocycles. The predicted octanol–water partition coefficient (Wildman–Crippen LogP) is 4.76. The van der Waals surface area contributed by atoms with Crippen LogP contribution in [0.5, 0.6) is 5.75 Å². The van der Waals surface area contributed by atoms with Crippen LogP contribution in [0.25, 0.3) is 21.3 Å². The zero-order valence-electron chi connectivity index (χ0n) is 12.7. The summed E-state index contributed by atoms with van der Waals surface area (Å²) in [6.07, 6.45) is 3.06. The minimum Gasteiger partial charge on any atom is -0.497 e. The number of thiophene rings is 1. The Morgan fingerprint density at radius 3 is 2.83 bits per heavy atom. The molecule has 0 radical (unpaired) electrons. The number of fused-ring (bicyclic) bond motifs is 1. The van der Waals surface area contributed by atoms with Gasteiger partial charge in [-0.05, 0) is 24.1 Å². The lowest BCUT2D eigenvalue weighted by Gasteiger charge is -2.05. The zero-order valence-corrected chi connectivity index (χ0v) is 14.3. The van der Waals surface area contributed by atoms with Crippen molar-refractivity contribution in [1.82, 2.24) is 9.97 Å². The number of nitriles is 1. The number of aromatic nitrogens is 2. The average molecular weight is 341 g/mol. The summed E-state index contributed by atoms with van der Waals surface area (Å²) in [6.45, 7) is 0. The molecule has 3 aromatic rings. The van der Waals surface area contributed by atoms with Crippen LogP contribution in [0.4, 0.5) is 0 Å². The van der Waals surface area contributed by atoms with Crippen LogP contribution in [0.15, 0.2) is 41.0 Å². The summed E-state index contributed by atoms with van der Waals surface area (Å²) in [4.78, 5) is 9.82. The summed E-state index contributed by atoms with van der Waals surface area (Å²) >= 11 is 3.32. The molecule has 0 aliphatic heterocycles. The van der Waals surface area contributed by atoms with Crippen molar-refractivity contribution in [3.8, 4) is 22.9 Å². The number of ether oxygens (including phenoxy) is 1. The van der Waals surface area contributed by atoms with Gasteiger partial charge in [-0.25, -0.2) is 9.97 Å². The van der Waals surface area contributed by atoms with E-state index in [-0.39, 0.29) is 0 Å². The summed E-state index contributed by atoms with van der Waals surface area (Å²) in [7, 11) is 1.67. The van der Waals surface area contributed by atoms with Gasteiger partial charge in [-0.15, -0.1) is 23.1 Å². The molecule has 0 spiro atoms. The SMILES string of the molecule is COc1ccc(-c2csc3ncnc(SCCCC#N)c23)cc1. The smallest absolute Gasteiger partial charge is 0.128 e. The average Bonchev–Trinajstić information content (AvgIpc) is 3.04. The number of thioether (sulfide) groups is 1. The molecule has 3 rings (SSSR count). The third kappa shape index (κ3) is 3.46. The van der Waals surface area contributed by atoms with Crippen molar-refractivity contribution in [3.05, 3.63) is 36.0 Å². The molecule has 0 bridgehead atoms. The van der Waals surface area contributed by atoms with E-state index < -0.39 is 0 Å². The molecule has 2 heterocycles. The van der Waals surface area contributed by atoms with Gasteiger partial charge in [-0.2, -0.15) is 5.26 Å². The van der Waals surface area contributed by atoms with Gasteiger partial charge in [-0.1, -0.05) is 12.1 Å². The third-order valence-electron chi connectivity index (χ3n) is 3.41. The minimum absolute atomic E-state index is 0.580. The zero-order chi connectivity index (χ0) is 16.1. The molecule has 0 unspecified atom stereocenters. The van der Waals surface area contributed by atoms with Crippen molar-refractivity contribution in [2.45, 2.75) is 17.9 Å². The topological polar surface area (TPSA) is 58.8 Å². The van der Waals surface area contributed by atoms with Crippen molar-refractivity contribution in [3.63, 3.8) is 0 Å². The first-order chi connectivity index (χ1) is 11.3. The lowest BCUT2D eigenvalue weighted by molar-refractivity contribution is 0.415. The van der Waals surface area contributed by atoms with E-state index in [0.717, 1.165) is 44.3 Å². The maximum atomic E-state index is 8.64. The van der Waals surface area contributed by atoms with Crippen LogP contribution in [0, 0.1) is 11.3 Å². The summed E-state index contributed by atoms with van der Waals surface area (Å²) in [5, 5.41) is 12.9. The van der Waals surface area contributed by atoms with Crippen LogP contribution in [0.3, 0.4) is 0 Å². The Bertz CT molecular complexity index is 837. The van der Waals surface area contributed by atoms with Gasteiger partial charge in [0.25, 0.3) is 0 Å². The first-order valence-corrected chi connectivity index (χ1v) is 9.06. The summed E-state index contributed by atoms with van der Waals surface area (Å²) in [6, 6.07) is 10.2. The fourth-order valence-electron chi connectivity index (χ4n) is 2.26. The van der Waals surface area contributed by atoms with Gasteiger partial charge < -0.3 is 4.74 Å². The Morgan fingerprint density at radius 2 is 2.09 bits per heavy atom. The van der Waals surface area contributed by atoms with E-state index in [1.807, 2.05) is 12.1 Å². The molecule has 0 saturated heterocycles. The lowest BCUT2D eigenvalue weighted by atomic mass is 10.1. The number of hydrogen-bond donors (Lipinski definition) is 0. The minimum atomic E-state index is 0.580. The van der Waals surface area contributed by atoms with E-state index in [9.17, 15) is 0 Å². The predicted molar refractivity (Wildman–Crippen MR) is 95.0 cm³/mol. The van der Waals surface area contributed by atoms with Crippen molar-refractivity contribution in [1.29, 1.82) is 5.26 Å². The number of benzene rings is 1. The number of hydrogen-bond acceptors (Lipinski definition) is 6. The van der Waals surface area contributed by atoms with Gasteiger partial charge in [0.15, 0.2) is 0 Å². The van der Waals surface area contributed by atoms with Gasteiger partial charge in [0.1, 0.15) is 21.9 Å². The maximum absolute atomic E-state index is 8.64.